The molecular weight excluding hydrogens is 344 g/mol. The normalized spacial score (nSPS) is 20.8. The Labute approximate surface area is 152 Å². The molecule has 2 amide bonds. The van der Waals surface area contributed by atoms with Crippen molar-refractivity contribution in [1.82, 2.24) is 5.32 Å². The molecule has 1 aliphatic carbocycles. The molecule has 1 atom stereocenters. The predicted octanol–water partition coefficient (Wildman–Crippen LogP) is 2.67. The summed E-state index contributed by atoms with van der Waals surface area (Å²) in [7, 11) is 1.51. The van der Waals surface area contributed by atoms with Crippen molar-refractivity contribution in [2.75, 3.05) is 25.6 Å². The van der Waals surface area contributed by atoms with Crippen LogP contribution in [0.2, 0.25) is 5.02 Å². The first-order chi connectivity index (χ1) is 12.0. The Morgan fingerprint density at radius 3 is 2.72 bits per heavy atom. The number of ether oxygens (including phenoxy) is 2. The number of amides is 2. The number of aryl methyl sites for hydroxylation is 1. The third-order valence-corrected chi connectivity index (χ3v) is 5.27. The second-order valence-electron chi connectivity index (χ2n) is 6.68. The van der Waals surface area contributed by atoms with Crippen molar-refractivity contribution >= 4 is 29.1 Å². The number of benzene rings is 1. The molecule has 1 saturated heterocycles. The Hall–Kier alpha value is -1.79. The van der Waals surface area contributed by atoms with Crippen molar-refractivity contribution in [3.05, 3.63) is 22.7 Å². The van der Waals surface area contributed by atoms with Crippen LogP contribution in [0.5, 0.6) is 5.75 Å². The van der Waals surface area contributed by atoms with E-state index in [0.717, 1.165) is 25.0 Å². The Bertz CT molecular complexity index is 682. The van der Waals surface area contributed by atoms with Gasteiger partial charge in [-0.15, -0.1) is 0 Å². The molecule has 25 heavy (non-hydrogen) atoms. The zero-order valence-electron chi connectivity index (χ0n) is 14.5. The van der Waals surface area contributed by atoms with E-state index in [4.69, 9.17) is 21.1 Å². The summed E-state index contributed by atoms with van der Waals surface area (Å²) in [6, 6.07) is 3.41. The fourth-order valence-electron chi connectivity index (χ4n) is 3.04. The second-order valence-corrected chi connectivity index (χ2v) is 7.09. The number of rotatable bonds is 6. The van der Waals surface area contributed by atoms with Crippen LogP contribution >= 0.6 is 11.6 Å². The van der Waals surface area contributed by atoms with Crippen molar-refractivity contribution in [2.24, 2.45) is 5.41 Å². The van der Waals surface area contributed by atoms with E-state index in [1.165, 1.54) is 7.11 Å². The molecule has 1 aromatic carbocycles. The standard InChI is InChI=1S/C18H23ClN2O4/c1-11-8-14(15(24-2)9-13(11)19)21-17(23)18(5-6-18)16(22)20-10-12-4-3-7-25-12/h8-9,12H,3-7,10H2,1-2H3,(H,20,22)(H,21,23). The van der Waals surface area contributed by atoms with E-state index in [2.05, 4.69) is 10.6 Å². The maximum Gasteiger partial charge on any atom is 0.240 e. The van der Waals surface area contributed by atoms with Crippen LogP contribution in [0.15, 0.2) is 12.1 Å². The summed E-state index contributed by atoms with van der Waals surface area (Å²) in [6.45, 7) is 3.04. The Balaban J connectivity index is 1.66. The molecular formula is C18H23ClN2O4. The van der Waals surface area contributed by atoms with E-state index in [1.807, 2.05) is 6.92 Å². The van der Waals surface area contributed by atoms with Gasteiger partial charge in [-0.25, -0.2) is 0 Å². The number of anilines is 1. The van der Waals surface area contributed by atoms with Crippen LogP contribution in [-0.4, -0.2) is 38.2 Å². The SMILES string of the molecule is COc1cc(Cl)c(C)cc1NC(=O)C1(C(=O)NCC2CCCO2)CC1. The molecule has 1 aliphatic heterocycles. The highest BCUT2D eigenvalue weighted by atomic mass is 35.5. The van der Waals surface area contributed by atoms with Crippen LogP contribution in [0.25, 0.3) is 0 Å². The first-order valence-corrected chi connectivity index (χ1v) is 8.89. The van der Waals surface area contributed by atoms with E-state index in [9.17, 15) is 9.59 Å². The lowest BCUT2D eigenvalue weighted by Gasteiger charge is -2.18. The molecule has 3 rings (SSSR count). The van der Waals surface area contributed by atoms with Crippen LogP contribution in [0.3, 0.4) is 0 Å². The van der Waals surface area contributed by atoms with Gasteiger partial charge in [0.05, 0.1) is 18.9 Å². The topological polar surface area (TPSA) is 76.7 Å². The molecule has 1 aromatic rings. The summed E-state index contributed by atoms with van der Waals surface area (Å²) < 4.78 is 10.8. The fraction of sp³-hybridized carbons (Fsp3) is 0.556. The maximum absolute atomic E-state index is 12.7. The summed E-state index contributed by atoms with van der Waals surface area (Å²) >= 11 is 6.09. The minimum absolute atomic E-state index is 0.0572. The minimum atomic E-state index is -0.989. The lowest BCUT2D eigenvalue weighted by Crippen LogP contribution is -2.42. The van der Waals surface area contributed by atoms with E-state index in [0.29, 0.717) is 35.8 Å². The zero-order chi connectivity index (χ0) is 18.0. The van der Waals surface area contributed by atoms with Gasteiger partial charge >= 0.3 is 0 Å². The van der Waals surface area contributed by atoms with E-state index in [1.54, 1.807) is 12.1 Å². The number of hydrogen-bond donors (Lipinski definition) is 2. The number of carbonyl (C=O) groups is 2. The molecule has 0 bridgehead atoms. The zero-order valence-corrected chi connectivity index (χ0v) is 15.2. The molecule has 1 heterocycles. The van der Waals surface area contributed by atoms with Gasteiger partial charge in [-0.3, -0.25) is 9.59 Å². The van der Waals surface area contributed by atoms with Crippen LogP contribution < -0.4 is 15.4 Å². The highest BCUT2D eigenvalue weighted by Crippen LogP contribution is 2.47. The van der Waals surface area contributed by atoms with Gasteiger partial charge in [-0.1, -0.05) is 11.6 Å². The third-order valence-electron chi connectivity index (χ3n) is 4.86. The largest absolute Gasteiger partial charge is 0.495 e. The van der Waals surface area contributed by atoms with Gasteiger partial charge in [0.15, 0.2) is 0 Å². The van der Waals surface area contributed by atoms with Crippen molar-refractivity contribution in [2.45, 2.75) is 38.7 Å². The van der Waals surface area contributed by atoms with E-state index in [-0.39, 0.29) is 17.9 Å². The first-order valence-electron chi connectivity index (χ1n) is 8.52. The van der Waals surface area contributed by atoms with Crippen LogP contribution in [-0.2, 0) is 14.3 Å². The molecule has 1 saturated carbocycles. The molecule has 2 N–H and O–H groups in total. The summed E-state index contributed by atoms with van der Waals surface area (Å²) in [5, 5.41) is 6.25. The number of halogens is 1. The number of methoxy groups -OCH3 is 1. The molecule has 2 aliphatic rings. The van der Waals surface area contributed by atoms with Crippen molar-refractivity contribution in [3.8, 4) is 5.75 Å². The minimum Gasteiger partial charge on any atom is -0.495 e. The third kappa shape index (κ3) is 3.75. The van der Waals surface area contributed by atoms with Crippen molar-refractivity contribution < 1.29 is 19.1 Å². The van der Waals surface area contributed by atoms with Crippen molar-refractivity contribution in [1.29, 1.82) is 0 Å². The predicted molar refractivity (Wildman–Crippen MR) is 95.0 cm³/mol. The second kappa shape index (κ2) is 7.22. The molecule has 2 fully saturated rings. The van der Waals surface area contributed by atoms with Gasteiger partial charge < -0.3 is 20.1 Å². The van der Waals surface area contributed by atoms with E-state index >= 15 is 0 Å². The van der Waals surface area contributed by atoms with Gasteiger partial charge in [0.1, 0.15) is 11.2 Å². The lowest BCUT2D eigenvalue weighted by atomic mass is 10.0. The number of carbonyl (C=O) groups excluding carboxylic acids is 2. The quantitative estimate of drug-likeness (QED) is 0.759. The number of nitrogens with one attached hydrogen (secondary N) is 2. The summed E-state index contributed by atoms with van der Waals surface area (Å²) in [6.07, 6.45) is 3.11. The van der Waals surface area contributed by atoms with Gasteiger partial charge in [-0.05, 0) is 44.2 Å². The van der Waals surface area contributed by atoms with Gasteiger partial charge in [-0.2, -0.15) is 0 Å². The van der Waals surface area contributed by atoms with Crippen LogP contribution in [0.1, 0.15) is 31.2 Å². The molecule has 7 heteroatoms. The van der Waals surface area contributed by atoms with Crippen molar-refractivity contribution in [3.63, 3.8) is 0 Å². The van der Waals surface area contributed by atoms with Gasteiger partial charge in [0.2, 0.25) is 11.8 Å². The average molecular weight is 367 g/mol. The highest BCUT2D eigenvalue weighted by molar-refractivity contribution is 6.31. The maximum atomic E-state index is 12.7. The Morgan fingerprint density at radius 2 is 2.12 bits per heavy atom. The van der Waals surface area contributed by atoms with Gasteiger partial charge in [0, 0.05) is 24.2 Å². The molecule has 1 unspecified atom stereocenters. The first kappa shape index (κ1) is 18.0. The van der Waals surface area contributed by atoms with Crippen LogP contribution in [0, 0.1) is 12.3 Å². The summed E-state index contributed by atoms with van der Waals surface area (Å²) in [4.78, 5) is 25.2. The Kier molecular flexibility index (Phi) is 5.20. The smallest absolute Gasteiger partial charge is 0.240 e. The monoisotopic (exact) mass is 366 g/mol. The molecule has 136 valence electrons. The molecule has 0 radical (unpaired) electrons. The molecule has 0 aromatic heterocycles. The average Bonchev–Trinajstić information content (AvgIpc) is 3.25. The van der Waals surface area contributed by atoms with Crippen LogP contribution in [0.4, 0.5) is 5.69 Å². The number of hydrogen-bond acceptors (Lipinski definition) is 4. The fourth-order valence-corrected chi connectivity index (χ4v) is 3.19. The van der Waals surface area contributed by atoms with E-state index < -0.39 is 5.41 Å². The highest BCUT2D eigenvalue weighted by Gasteiger charge is 2.56. The summed E-state index contributed by atoms with van der Waals surface area (Å²) in [5.74, 6) is -0.0676. The lowest BCUT2D eigenvalue weighted by molar-refractivity contribution is -0.134. The molecule has 6 nitrogen and oxygen atoms in total. The van der Waals surface area contributed by atoms with Gasteiger partial charge in [0.25, 0.3) is 0 Å². The summed E-state index contributed by atoms with van der Waals surface area (Å²) in [5.41, 5.74) is 0.356. The molecule has 0 spiro atoms. The Morgan fingerprint density at radius 1 is 1.36 bits per heavy atom.